The minimum absolute atomic E-state index is 0.199. The second kappa shape index (κ2) is 9.50. The average molecular weight is 406 g/mol. The molecule has 0 radical (unpaired) electrons. The van der Waals surface area contributed by atoms with E-state index in [1.165, 1.54) is 13.3 Å². The lowest BCUT2D eigenvalue weighted by atomic mass is 10.1. The normalized spacial score (nSPS) is 14.9. The van der Waals surface area contributed by atoms with Crippen molar-refractivity contribution in [3.05, 3.63) is 46.7 Å². The summed E-state index contributed by atoms with van der Waals surface area (Å²) in [6.45, 7) is 3.01. The highest BCUT2D eigenvalue weighted by molar-refractivity contribution is 6.33. The fraction of sp³-hybridized carbons (Fsp3) is 0.316. The number of nitrogens with zero attached hydrogens (tertiary/aromatic N) is 2. The Balaban J connectivity index is 1.57. The summed E-state index contributed by atoms with van der Waals surface area (Å²) in [7, 11) is 1.30. The number of hydrazone groups is 1. The van der Waals surface area contributed by atoms with Crippen LogP contribution in [0.1, 0.15) is 16.1 Å². The lowest BCUT2D eigenvalue weighted by molar-refractivity contribution is -0.123. The van der Waals surface area contributed by atoms with E-state index in [4.69, 9.17) is 20.8 Å². The van der Waals surface area contributed by atoms with Gasteiger partial charge in [-0.15, -0.1) is 0 Å². The largest absolute Gasteiger partial charge is 0.465 e. The number of methoxy groups -OCH3 is 1. The van der Waals surface area contributed by atoms with Gasteiger partial charge in [0.15, 0.2) is 0 Å². The van der Waals surface area contributed by atoms with Gasteiger partial charge < -0.3 is 13.9 Å². The lowest BCUT2D eigenvalue weighted by Crippen LogP contribution is -2.42. The van der Waals surface area contributed by atoms with Gasteiger partial charge in [0.1, 0.15) is 11.5 Å². The van der Waals surface area contributed by atoms with Gasteiger partial charge in [-0.1, -0.05) is 17.7 Å². The van der Waals surface area contributed by atoms with Crippen LogP contribution < -0.4 is 5.43 Å². The molecule has 1 fully saturated rings. The van der Waals surface area contributed by atoms with Crippen LogP contribution in [0.3, 0.4) is 0 Å². The Kier molecular flexibility index (Phi) is 6.80. The topological polar surface area (TPSA) is 93.4 Å². The number of morpholine rings is 1. The second-order valence-electron chi connectivity index (χ2n) is 6.07. The molecule has 1 aromatic heterocycles. The van der Waals surface area contributed by atoms with Gasteiger partial charge in [-0.2, -0.15) is 5.10 Å². The molecule has 148 valence electrons. The van der Waals surface area contributed by atoms with Crippen LogP contribution in [0.5, 0.6) is 0 Å². The SMILES string of the molecule is COC(=O)c1ccc(-c2ccc(/C=N\NC(=O)CN3CCOCC3)o2)cc1Cl. The number of ether oxygens (including phenoxy) is 2. The number of benzene rings is 1. The first-order valence-electron chi connectivity index (χ1n) is 8.67. The second-order valence-corrected chi connectivity index (χ2v) is 6.48. The lowest BCUT2D eigenvalue weighted by Gasteiger charge is -2.25. The summed E-state index contributed by atoms with van der Waals surface area (Å²) in [5.41, 5.74) is 3.46. The van der Waals surface area contributed by atoms with Crippen molar-refractivity contribution >= 4 is 29.7 Å². The van der Waals surface area contributed by atoms with E-state index in [2.05, 4.69) is 15.3 Å². The minimum atomic E-state index is -0.503. The molecule has 0 bridgehead atoms. The number of amides is 1. The van der Waals surface area contributed by atoms with Crippen molar-refractivity contribution in [3.63, 3.8) is 0 Å². The summed E-state index contributed by atoms with van der Waals surface area (Å²) in [4.78, 5) is 25.5. The van der Waals surface area contributed by atoms with Gasteiger partial charge in [-0.25, -0.2) is 10.2 Å². The van der Waals surface area contributed by atoms with Crippen LogP contribution in [0.15, 0.2) is 39.9 Å². The summed E-state index contributed by atoms with van der Waals surface area (Å²) < 4.78 is 15.6. The first kappa shape index (κ1) is 20.1. The molecule has 0 aliphatic carbocycles. The number of carbonyl (C=O) groups is 2. The van der Waals surface area contributed by atoms with Crippen LogP contribution in [-0.2, 0) is 14.3 Å². The number of hydrogen-bond donors (Lipinski definition) is 1. The molecule has 0 atom stereocenters. The van der Waals surface area contributed by atoms with Gasteiger partial charge >= 0.3 is 5.97 Å². The van der Waals surface area contributed by atoms with Crippen molar-refractivity contribution in [2.45, 2.75) is 0 Å². The molecular weight excluding hydrogens is 386 g/mol. The molecule has 2 heterocycles. The molecular formula is C19H20ClN3O5. The highest BCUT2D eigenvalue weighted by atomic mass is 35.5. The Morgan fingerprint density at radius 2 is 2.07 bits per heavy atom. The molecule has 0 spiro atoms. The third-order valence-electron chi connectivity index (χ3n) is 4.14. The van der Waals surface area contributed by atoms with E-state index < -0.39 is 5.97 Å². The fourth-order valence-electron chi connectivity index (χ4n) is 2.69. The quantitative estimate of drug-likeness (QED) is 0.449. The van der Waals surface area contributed by atoms with Crippen molar-refractivity contribution in [2.24, 2.45) is 5.10 Å². The number of halogens is 1. The molecule has 8 nitrogen and oxygen atoms in total. The smallest absolute Gasteiger partial charge is 0.339 e. The van der Waals surface area contributed by atoms with Crippen molar-refractivity contribution in [3.8, 4) is 11.3 Å². The van der Waals surface area contributed by atoms with Crippen LogP contribution in [0.25, 0.3) is 11.3 Å². The van der Waals surface area contributed by atoms with E-state index >= 15 is 0 Å². The van der Waals surface area contributed by atoms with E-state index in [1.807, 2.05) is 4.90 Å². The van der Waals surface area contributed by atoms with Gasteiger partial charge in [0.05, 0.1) is 43.7 Å². The van der Waals surface area contributed by atoms with Gasteiger partial charge in [0.25, 0.3) is 5.91 Å². The van der Waals surface area contributed by atoms with Crippen LogP contribution >= 0.6 is 11.6 Å². The molecule has 1 saturated heterocycles. The molecule has 2 aromatic rings. The Labute approximate surface area is 167 Å². The van der Waals surface area contributed by atoms with Crippen LogP contribution in [-0.4, -0.2) is 62.9 Å². The molecule has 0 unspecified atom stereocenters. The van der Waals surface area contributed by atoms with Crippen LogP contribution in [0.4, 0.5) is 0 Å². The molecule has 1 aliphatic rings. The summed E-state index contributed by atoms with van der Waals surface area (Å²) >= 11 is 6.13. The van der Waals surface area contributed by atoms with E-state index in [-0.39, 0.29) is 23.0 Å². The Bertz CT molecular complexity index is 874. The predicted octanol–water partition coefficient (Wildman–Crippen LogP) is 2.17. The van der Waals surface area contributed by atoms with Crippen LogP contribution in [0, 0.1) is 0 Å². The zero-order chi connectivity index (χ0) is 19.9. The third-order valence-corrected chi connectivity index (χ3v) is 4.45. The van der Waals surface area contributed by atoms with E-state index in [0.717, 1.165) is 13.1 Å². The molecule has 3 rings (SSSR count). The molecule has 1 aromatic carbocycles. The Hall–Kier alpha value is -2.68. The van der Waals surface area contributed by atoms with Gasteiger partial charge in [-0.3, -0.25) is 9.69 Å². The average Bonchev–Trinajstić information content (AvgIpc) is 3.17. The minimum Gasteiger partial charge on any atom is -0.465 e. The van der Waals surface area contributed by atoms with Crippen molar-refractivity contribution < 1.29 is 23.5 Å². The summed E-state index contributed by atoms with van der Waals surface area (Å²) in [5, 5.41) is 4.19. The van der Waals surface area contributed by atoms with Crippen LogP contribution in [0.2, 0.25) is 5.02 Å². The van der Waals surface area contributed by atoms with Gasteiger partial charge in [0.2, 0.25) is 0 Å². The number of furan rings is 1. The number of carbonyl (C=O) groups excluding carboxylic acids is 2. The number of hydrogen-bond acceptors (Lipinski definition) is 7. The maximum atomic E-state index is 11.9. The maximum Gasteiger partial charge on any atom is 0.339 e. The standard InChI is InChI=1S/C19H20ClN3O5/c1-26-19(25)15-4-2-13(10-16(15)20)17-5-3-14(28-17)11-21-22-18(24)12-23-6-8-27-9-7-23/h2-5,10-11H,6-9,12H2,1H3,(H,22,24)/b21-11-. The number of esters is 1. The molecule has 9 heteroatoms. The van der Waals surface area contributed by atoms with Crippen molar-refractivity contribution in [1.82, 2.24) is 10.3 Å². The molecule has 1 N–H and O–H groups in total. The Morgan fingerprint density at radius 1 is 1.29 bits per heavy atom. The molecule has 28 heavy (non-hydrogen) atoms. The highest BCUT2D eigenvalue weighted by Crippen LogP contribution is 2.27. The fourth-order valence-corrected chi connectivity index (χ4v) is 2.94. The van der Waals surface area contributed by atoms with Crippen molar-refractivity contribution in [2.75, 3.05) is 40.0 Å². The molecule has 0 saturated carbocycles. The zero-order valence-corrected chi connectivity index (χ0v) is 16.1. The van der Waals surface area contributed by atoms with Gasteiger partial charge in [0, 0.05) is 18.7 Å². The van der Waals surface area contributed by atoms with Crippen molar-refractivity contribution in [1.29, 1.82) is 0 Å². The van der Waals surface area contributed by atoms with E-state index in [0.29, 0.717) is 30.3 Å². The summed E-state index contributed by atoms with van der Waals surface area (Å²) in [5.74, 6) is 0.320. The first-order valence-corrected chi connectivity index (χ1v) is 9.04. The summed E-state index contributed by atoms with van der Waals surface area (Å²) in [6.07, 6.45) is 1.42. The Morgan fingerprint density at radius 3 is 2.79 bits per heavy atom. The monoisotopic (exact) mass is 405 g/mol. The number of nitrogens with one attached hydrogen (secondary N) is 1. The third kappa shape index (κ3) is 5.19. The first-order chi connectivity index (χ1) is 13.6. The van der Waals surface area contributed by atoms with E-state index in [9.17, 15) is 9.59 Å². The van der Waals surface area contributed by atoms with Gasteiger partial charge in [-0.05, 0) is 24.3 Å². The number of rotatable bonds is 6. The zero-order valence-electron chi connectivity index (χ0n) is 15.3. The predicted molar refractivity (Wildman–Crippen MR) is 103 cm³/mol. The molecule has 1 aliphatic heterocycles. The molecule has 1 amide bonds. The summed E-state index contributed by atoms with van der Waals surface area (Å²) in [6, 6.07) is 8.38. The van der Waals surface area contributed by atoms with E-state index in [1.54, 1.807) is 30.3 Å². The maximum absolute atomic E-state index is 11.9. The highest BCUT2D eigenvalue weighted by Gasteiger charge is 2.14.